The van der Waals surface area contributed by atoms with E-state index in [0.29, 0.717) is 19.0 Å². The number of carbonyl (C=O) groups excluding carboxylic acids is 1. The smallest absolute Gasteiger partial charge is 0.407 e. The number of carbonyl (C=O) groups is 1. The summed E-state index contributed by atoms with van der Waals surface area (Å²) in [6.45, 7) is 8.71. The Balaban J connectivity index is 2.07. The SMILES string of the molecule is Cc1cc(Br)cc(OCCCCCNC(=O)OC(C)(C)C)n1. The van der Waals surface area contributed by atoms with E-state index >= 15 is 0 Å². The van der Waals surface area contributed by atoms with Crippen LogP contribution in [0.25, 0.3) is 0 Å². The van der Waals surface area contributed by atoms with E-state index in [-0.39, 0.29) is 6.09 Å². The van der Waals surface area contributed by atoms with Crippen LogP contribution in [0.5, 0.6) is 5.88 Å². The summed E-state index contributed by atoms with van der Waals surface area (Å²) in [4.78, 5) is 15.7. The molecule has 0 aliphatic carbocycles. The third-order valence-corrected chi connectivity index (χ3v) is 3.09. The average molecular weight is 373 g/mol. The van der Waals surface area contributed by atoms with Gasteiger partial charge in [0, 0.05) is 22.8 Å². The molecule has 1 rings (SSSR count). The van der Waals surface area contributed by atoms with E-state index in [1.54, 1.807) is 0 Å². The zero-order valence-corrected chi connectivity index (χ0v) is 15.3. The molecule has 0 spiro atoms. The number of ether oxygens (including phenoxy) is 2. The Morgan fingerprint density at radius 1 is 1.27 bits per heavy atom. The minimum atomic E-state index is -0.451. The van der Waals surface area contributed by atoms with Crippen LogP contribution in [0, 0.1) is 6.92 Å². The van der Waals surface area contributed by atoms with Gasteiger partial charge >= 0.3 is 6.09 Å². The fourth-order valence-electron chi connectivity index (χ4n) is 1.76. The van der Waals surface area contributed by atoms with Crippen molar-refractivity contribution in [3.05, 3.63) is 22.3 Å². The highest BCUT2D eigenvalue weighted by Gasteiger charge is 2.15. The Morgan fingerprint density at radius 2 is 2.00 bits per heavy atom. The lowest BCUT2D eigenvalue weighted by molar-refractivity contribution is 0.0527. The van der Waals surface area contributed by atoms with Crippen LogP contribution in [0.3, 0.4) is 0 Å². The number of nitrogens with zero attached hydrogens (tertiary/aromatic N) is 1. The Bertz CT molecular complexity index is 467. The predicted octanol–water partition coefficient (Wildman–Crippen LogP) is 4.23. The lowest BCUT2D eigenvalue weighted by atomic mass is 10.2. The molecule has 22 heavy (non-hydrogen) atoms. The molecule has 5 nitrogen and oxygen atoms in total. The second kappa shape index (κ2) is 8.98. The second-order valence-corrected chi connectivity index (χ2v) is 7.02. The van der Waals surface area contributed by atoms with Gasteiger partial charge in [-0.05, 0) is 53.0 Å². The van der Waals surface area contributed by atoms with Crippen molar-refractivity contribution in [2.45, 2.75) is 52.6 Å². The summed E-state index contributed by atoms with van der Waals surface area (Å²) in [5, 5.41) is 2.74. The highest BCUT2D eigenvalue weighted by Crippen LogP contribution is 2.17. The third-order valence-electron chi connectivity index (χ3n) is 2.63. The molecule has 0 bridgehead atoms. The quantitative estimate of drug-likeness (QED) is 0.727. The molecule has 1 N–H and O–H groups in total. The van der Waals surface area contributed by atoms with Crippen LogP contribution in [-0.2, 0) is 4.74 Å². The van der Waals surface area contributed by atoms with Gasteiger partial charge in [-0.3, -0.25) is 0 Å². The number of amides is 1. The van der Waals surface area contributed by atoms with Crippen LogP contribution in [0.4, 0.5) is 4.79 Å². The fourth-order valence-corrected chi connectivity index (χ4v) is 2.28. The first-order valence-corrected chi connectivity index (χ1v) is 8.29. The highest BCUT2D eigenvalue weighted by atomic mass is 79.9. The van der Waals surface area contributed by atoms with Crippen molar-refractivity contribution in [3.8, 4) is 5.88 Å². The van der Waals surface area contributed by atoms with Crippen LogP contribution in [-0.4, -0.2) is 29.8 Å². The molecule has 1 amide bonds. The van der Waals surface area contributed by atoms with Crippen molar-refractivity contribution >= 4 is 22.0 Å². The Kier molecular flexibility index (Phi) is 7.65. The van der Waals surface area contributed by atoms with Crippen LogP contribution in [0.1, 0.15) is 45.7 Å². The van der Waals surface area contributed by atoms with Gasteiger partial charge in [-0.1, -0.05) is 15.9 Å². The largest absolute Gasteiger partial charge is 0.478 e. The van der Waals surface area contributed by atoms with Crippen molar-refractivity contribution in [2.75, 3.05) is 13.2 Å². The topological polar surface area (TPSA) is 60.5 Å². The van der Waals surface area contributed by atoms with E-state index in [1.165, 1.54) is 0 Å². The number of hydrogen-bond donors (Lipinski definition) is 1. The molecule has 0 radical (unpaired) electrons. The van der Waals surface area contributed by atoms with Crippen molar-refractivity contribution in [3.63, 3.8) is 0 Å². The van der Waals surface area contributed by atoms with E-state index < -0.39 is 5.60 Å². The van der Waals surface area contributed by atoms with Crippen molar-refractivity contribution in [2.24, 2.45) is 0 Å². The van der Waals surface area contributed by atoms with E-state index in [0.717, 1.165) is 29.4 Å². The van der Waals surface area contributed by atoms with Crippen LogP contribution in [0.2, 0.25) is 0 Å². The van der Waals surface area contributed by atoms with Crippen molar-refractivity contribution < 1.29 is 14.3 Å². The lowest BCUT2D eigenvalue weighted by Crippen LogP contribution is -2.33. The molecule has 6 heteroatoms. The van der Waals surface area contributed by atoms with E-state index in [4.69, 9.17) is 9.47 Å². The molecule has 0 aliphatic heterocycles. The number of nitrogens with one attached hydrogen (secondary N) is 1. The average Bonchev–Trinajstić information content (AvgIpc) is 2.34. The minimum Gasteiger partial charge on any atom is -0.478 e. The number of pyridine rings is 1. The maximum Gasteiger partial charge on any atom is 0.407 e. The molecule has 0 aromatic carbocycles. The van der Waals surface area contributed by atoms with Crippen LogP contribution < -0.4 is 10.1 Å². The zero-order valence-electron chi connectivity index (χ0n) is 13.7. The molecule has 1 aromatic heterocycles. The number of aromatic nitrogens is 1. The van der Waals surface area contributed by atoms with Gasteiger partial charge in [0.05, 0.1) is 6.61 Å². The molecule has 0 atom stereocenters. The molecule has 0 saturated heterocycles. The minimum absolute atomic E-state index is 0.363. The predicted molar refractivity (Wildman–Crippen MR) is 90.3 cm³/mol. The van der Waals surface area contributed by atoms with E-state index in [9.17, 15) is 4.79 Å². The fraction of sp³-hybridized carbons (Fsp3) is 0.625. The summed E-state index contributed by atoms with van der Waals surface area (Å²) >= 11 is 3.42. The van der Waals surface area contributed by atoms with Gasteiger partial charge in [-0.2, -0.15) is 0 Å². The van der Waals surface area contributed by atoms with E-state index in [1.807, 2.05) is 39.8 Å². The first kappa shape index (κ1) is 18.7. The summed E-state index contributed by atoms with van der Waals surface area (Å²) in [7, 11) is 0. The van der Waals surface area contributed by atoms with Gasteiger partial charge in [0.1, 0.15) is 5.60 Å². The Labute approximate surface area is 140 Å². The molecule has 124 valence electrons. The molecular weight excluding hydrogens is 348 g/mol. The number of hydrogen-bond acceptors (Lipinski definition) is 4. The summed E-state index contributed by atoms with van der Waals surface area (Å²) in [5.74, 6) is 0.638. The maximum absolute atomic E-state index is 11.4. The highest BCUT2D eigenvalue weighted by molar-refractivity contribution is 9.10. The Morgan fingerprint density at radius 3 is 2.64 bits per heavy atom. The summed E-state index contributed by atoms with van der Waals surface area (Å²) in [6.07, 6.45) is 2.43. The van der Waals surface area contributed by atoms with E-state index in [2.05, 4.69) is 26.2 Å². The van der Waals surface area contributed by atoms with Crippen molar-refractivity contribution in [1.82, 2.24) is 10.3 Å². The zero-order chi connectivity index (χ0) is 16.6. The molecule has 0 aliphatic rings. The number of unbranched alkanes of at least 4 members (excludes halogenated alkanes) is 2. The maximum atomic E-state index is 11.4. The second-order valence-electron chi connectivity index (χ2n) is 6.10. The third kappa shape index (κ3) is 8.87. The van der Waals surface area contributed by atoms with Crippen LogP contribution >= 0.6 is 15.9 Å². The number of halogens is 1. The van der Waals surface area contributed by atoms with Gasteiger partial charge in [-0.15, -0.1) is 0 Å². The van der Waals surface area contributed by atoms with Gasteiger partial charge in [-0.25, -0.2) is 9.78 Å². The number of aryl methyl sites for hydroxylation is 1. The summed E-state index contributed by atoms with van der Waals surface area (Å²) < 4.78 is 11.7. The number of rotatable bonds is 7. The molecule has 0 unspecified atom stereocenters. The summed E-state index contributed by atoms with van der Waals surface area (Å²) in [6, 6.07) is 3.80. The molecule has 0 saturated carbocycles. The normalized spacial score (nSPS) is 11.1. The molecule has 0 fully saturated rings. The van der Waals surface area contributed by atoms with Gasteiger partial charge in [0.25, 0.3) is 0 Å². The van der Waals surface area contributed by atoms with Gasteiger partial charge < -0.3 is 14.8 Å². The number of alkyl carbamates (subject to hydrolysis) is 1. The van der Waals surface area contributed by atoms with Crippen LogP contribution in [0.15, 0.2) is 16.6 Å². The van der Waals surface area contributed by atoms with Gasteiger partial charge in [0.15, 0.2) is 0 Å². The van der Waals surface area contributed by atoms with Gasteiger partial charge in [0.2, 0.25) is 5.88 Å². The molecular formula is C16H25BrN2O3. The standard InChI is InChI=1S/C16H25BrN2O3/c1-12-10-13(17)11-14(19-12)21-9-7-5-6-8-18-15(20)22-16(2,3)4/h10-11H,5-9H2,1-4H3,(H,18,20). The van der Waals surface area contributed by atoms with Crippen molar-refractivity contribution in [1.29, 1.82) is 0 Å². The monoisotopic (exact) mass is 372 g/mol. The lowest BCUT2D eigenvalue weighted by Gasteiger charge is -2.19. The Hall–Kier alpha value is -1.30. The molecule has 1 aromatic rings. The first-order chi connectivity index (χ1) is 10.3. The molecule has 1 heterocycles. The first-order valence-electron chi connectivity index (χ1n) is 7.50. The summed E-state index contributed by atoms with van der Waals surface area (Å²) in [5.41, 5.74) is 0.471.